The van der Waals surface area contributed by atoms with Gasteiger partial charge < -0.3 is 10.1 Å². The van der Waals surface area contributed by atoms with Gasteiger partial charge in [-0.05, 0) is 18.9 Å². The summed E-state index contributed by atoms with van der Waals surface area (Å²) >= 11 is 0. The summed E-state index contributed by atoms with van der Waals surface area (Å²) in [6.07, 6.45) is 0. The molecule has 0 aliphatic rings. The number of methoxy groups -OCH3 is 1. The molecule has 0 saturated heterocycles. The lowest BCUT2D eigenvalue weighted by molar-refractivity contribution is -0.385. The Hall–Kier alpha value is -1.69. The molecule has 0 aliphatic heterocycles. The number of anilines is 1. The van der Waals surface area contributed by atoms with Gasteiger partial charge in [0.1, 0.15) is 11.5 Å². The third-order valence-corrected chi connectivity index (χ3v) is 2.74. The van der Waals surface area contributed by atoms with E-state index in [1.165, 1.54) is 6.07 Å². The molecule has 1 aromatic rings. The van der Waals surface area contributed by atoms with Crippen LogP contribution in [0.4, 0.5) is 11.5 Å². The summed E-state index contributed by atoms with van der Waals surface area (Å²) in [5, 5.41) is 13.9. The van der Waals surface area contributed by atoms with Gasteiger partial charge in [-0.1, -0.05) is 13.8 Å². The minimum atomic E-state index is -0.429. The number of hydrogen-bond donors (Lipinski definition) is 1. The molecule has 6 heteroatoms. The maximum Gasteiger partial charge on any atom is 0.290 e. The first-order chi connectivity index (χ1) is 8.45. The summed E-state index contributed by atoms with van der Waals surface area (Å²) in [7, 11) is 1.64. The van der Waals surface area contributed by atoms with Crippen molar-refractivity contribution < 1.29 is 9.66 Å². The van der Waals surface area contributed by atoms with Crippen LogP contribution >= 0.6 is 0 Å². The predicted octanol–water partition coefficient (Wildman–Crippen LogP) is 2.38. The second-order valence-corrected chi connectivity index (χ2v) is 4.51. The van der Waals surface area contributed by atoms with E-state index in [9.17, 15) is 10.1 Å². The molecule has 1 rings (SSSR count). The third-order valence-electron chi connectivity index (χ3n) is 2.74. The van der Waals surface area contributed by atoms with Crippen molar-refractivity contribution in [3.63, 3.8) is 0 Å². The van der Waals surface area contributed by atoms with Crippen LogP contribution in [0.5, 0.6) is 0 Å². The van der Waals surface area contributed by atoms with Crippen molar-refractivity contribution in [1.29, 1.82) is 0 Å². The fraction of sp³-hybridized carbons (Fsp3) is 0.583. The van der Waals surface area contributed by atoms with Crippen LogP contribution < -0.4 is 5.32 Å². The van der Waals surface area contributed by atoms with Crippen LogP contribution in [0, 0.1) is 23.0 Å². The largest absolute Gasteiger partial charge is 0.383 e. The number of ether oxygens (including phenoxy) is 1. The van der Waals surface area contributed by atoms with Gasteiger partial charge in [-0.15, -0.1) is 0 Å². The molecule has 0 amide bonds. The lowest BCUT2D eigenvalue weighted by Crippen LogP contribution is -2.30. The SMILES string of the molecule is COCC(Nc1ccc([N+](=O)[O-])c(C)n1)C(C)C. The molecule has 0 aliphatic carbocycles. The number of rotatable bonds is 6. The summed E-state index contributed by atoms with van der Waals surface area (Å²) in [6.45, 7) is 6.35. The van der Waals surface area contributed by atoms with Gasteiger partial charge in [-0.2, -0.15) is 0 Å². The van der Waals surface area contributed by atoms with E-state index >= 15 is 0 Å². The van der Waals surface area contributed by atoms with Crippen LogP contribution in [0.2, 0.25) is 0 Å². The number of pyridine rings is 1. The van der Waals surface area contributed by atoms with Crippen LogP contribution in [0.15, 0.2) is 12.1 Å². The first kappa shape index (κ1) is 14.4. The summed E-state index contributed by atoms with van der Waals surface area (Å²) in [5.74, 6) is 1.01. The van der Waals surface area contributed by atoms with Gasteiger partial charge in [-0.25, -0.2) is 4.98 Å². The van der Waals surface area contributed by atoms with Gasteiger partial charge in [-0.3, -0.25) is 10.1 Å². The van der Waals surface area contributed by atoms with Crippen LogP contribution in [-0.2, 0) is 4.74 Å². The zero-order valence-corrected chi connectivity index (χ0v) is 11.1. The van der Waals surface area contributed by atoms with Crippen molar-refractivity contribution in [2.75, 3.05) is 19.0 Å². The zero-order valence-electron chi connectivity index (χ0n) is 11.1. The molecule has 0 bridgehead atoms. The van der Waals surface area contributed by atoms with Gasteiger partial charge in [0.05, 0.1) is 17.6 Å². The molecule has 0 radical (unpaired) electrons. The van der Waals surface area contributed by atoms with Gasteiger partial charge >= 0.3 is 0 Å². The molecular weight excluding hydrogens is 234 g/mol. The molecule has 1 unspecified atom stereocenters. The lowest BCUT2D eigenvalue weighted by atomic mass is 10.1. The standard InChI is InChI=1S/C12H19N3O3/c1-8(2)10(7-18-4)14-12-6-5-11(15(16)17)9(3)13-12/h5-6,8,10H,7H2,1-4H3,(H,13,14). The average Bonchev–Trinajstić information content (AvgIpc) is 2.27. The molecule has 100 valence electrons. The highest BCUT2D eigenvalue weighted by atomic mass is 16.6. The fourth-order valence-electron chi connectivity index (χ4n) is 1.60. The predicted molar refractivity (Wildman–Crippen MR) is 69.8 cm³/mol. The highest BCUT2D eigenvalue weighted by Crippen LogP contribution is 2.19. The van der Waals surface area contributed by atoms with E-state index in [0.29, 0.717) is 24.0 Å². The monoisotopic (exact) mass is 253 g/mol. The van der Waals surface area contributed by atoms with Gasteiger partial charge in [0.25, 0.3) is 5.69 Å². The number of aromatic nitrogens is 1. The maximum atomic E-state index is 10.7. The average molecular weight is 253 g/mol. The second-order valence-electron chi connectivity index (χ2n) is 4.51. The molecule has 0 spiro atoms. The Morgan fingerprint density at radius 2 is 2.17 bits per heavy atom. The van der Waals surface area contributed by atoms with Crippen molar-refractivity contribution in [2.24, 2.45) is 5.92 Å². The molecule has 0 fully saturated rings. The maximum absolute atomic E-state index is 10.7. The van der Waals surface area contributed by atoms with Gasteiger partial charge in [0, 0.05) is 13.2 Å². The minimum absolute atomic E-state index is 0.0355. The topological polar surface area (TPSA) is 77.3 Å². The minimum Gasteiger partial charge on any atom is -0.383 e. The summed E-state index contributed by atoms with van der Waals surface area (Å²) in [4.78, 5) is 14.5. The molecule has 1 atom stereocenters. The van der Waals surface area contributed by atoms with Crippen molar-refractivity contribution >= 4 is 11.5 Å². The van der Waals surface area contributed by atoms with E-state index < -0.39 is 4.92 Å². The van der Waals surface area contributed by atoms with Crippen molar-refractivity contribution in [3.05, 3.63) is 27.9 Å². The Morgan fingerprint density at radius 3 is 2.61 bits per heavy atom. The molecule has 1 aromatic heterocycles. The van der Waals surface area contributed by atoms with E-state index in [-0.39, 0.29) is 11.7 Å². The number of aryl methyl sites for hydroxylation is 1. The second kappa shape index (κ2) is 6.30. The quantitative estimate of drug-likeness (QED) is 0.622. The Labute approximate surface area is 107 Å². The highest BCUT2D eigenvalue weighted by molar-refractivity contribution is 5.45. The Balaban J connectivity index is 2.84. The Morgan fingerprint density at radius 1 is 1.50 bits per heavy atom. The molecule has 18 heavy (non-hydrogen) atoms. The van der Waals surface area contributed by atoms with Crippen LogP contribution in [-0.4, -0.2) is 29.7 Å². The fourth-order valence-corrected chi connectivity index (χ4v) is 1.60. The van der Waals surface area contributed by atoms with Gasteiger partial charge in [0.15, 0.2) is 0 Å². The van der Waals surface area contributed by atoms with E-state index in [4.69, 9.17) is 4.74 Å². The number of nitro groups is 1. The molecule has 1 N–H and O–H groups in total. The molecule has 0 aromatic carbocycles. The number of nitrogens with zero attached hydrogens (tertiary/aromatic N) is 2. The summed E-state index contributed by atoms with van der Waals surface area (Å²) < 4.78 is 5.13. The Kier molecular flexibility index (Phi) is 5.03. The number of nitrogens with one attached hydrogen (secondary N) is 1. The van der Waals surface area contributed by atoms with Crippen LogP contribution in [0.3, 0.4) is 0 Å². The molecular formula is C12H19N3O3. The van der Waals surface area contributed by atoms with E-state index in [2.05, 4.69) is 24.1 Å². The Bertz CT molecular complexity index is 421. The normalized spacial score (nSPS) is 12.5. The summed E-state index contributed by atoms with van der Waals surface area (Å²) in [6, 6.07) is 3.22. The highest BCUT2D eigenvalue weighted by Gasteiger charge is 2.16. The number of hydrogen-bond acceptors (Lipinski definition) is 5. The third kappa shape index (κ3) is 3.66. The van der Waals surface area contributed by atoms with Crippen LogP contribution in [0.1, 0.15) is 19.5 Å². The molecule has 1 heterocycles. The van der Waals surface area contributed by atoms with Crippen molar-refractivity contribution in [3.8, 4) is 0 Å². The van der Waals surface area contributed by atoms with E-state index in [1.54, 1.807) is 20.1 Å². The van der Waals surface area contributed by atoms with Crippen LogP contribution in [0.25, 0.3) is 0 Å². The molecule has 0 saturated carbocycles. The first-order valence-electron chi connectivity index (χ1n) is 5.83. The van der Waals surface area contributed by atoms with Crippen molar-refractivity contribution in [1.82, 2.24) is 4.98 Å². The van der Waals surface area contributed by atoms with E-state index in [0.717, 1.165) is 0 Å². The van der Waals surface area contributed by atoms with Gasteiger partial charge in [0.2, 0.25) is 0 Å². The van der Waals surface area contributed by atoms with E-state index in [1.807, 2.05) is 0 Å². The lowest BCUT2D eigenvalue weighted by Gasteiger charge is -2.22. The molecule has 6 nitrogen and oxygen atoms in total. The zero-order chi connectivity index (χ0) is 13.7. The first-order valence-corrected chi connectivity index (χ1v) is 5.83. The smallest absolute Gasteiger partial charge is 0.290 e. The summed E-state index contributed by atoms with van der Waals surface area (Å²) in [5.41, 5.74) is 0.443. The van der Waals surface area contributed by atoms with Crippen molar-refractivity contribution in [2.45, 2.75) is 26.8 Å².